The minimum absolute atomic E-state index is 0.0502. The van der Waals surface area contributed by atoms with Gasteiger partial charge in [0.05, 0.1) is 23.5 Å². The van der Waals surface area contributed by atoms with Crippen LogP contribution >= 0.6 is 0 Å². The first-order valence-electron chi connectivity index (χ1n) is 8.61. The molecule has 2 aromatic rings. The van der Waals surface area contributed by atoms with E-state index in [0.29, 0.717) is 38.0 Å². The molecule has 0 saturated carbocycles. The number of carbonyl (C=O) groups is 2. The van der Waals surface area contributed by atoms with Crippen LogP contribution in [-0.4, -0.2) is 46.3 Å². The number of likely N-dealkylation sites (tertiary alicyclic amines) is 1. The van der Waals surface area contributed by atoms with E-state index >= 15 is 0 Å². The predicted octanol–water partition coefficient (Wildman–Crippen LogP) is 2.14. The summed E-state index contributed by atoms with van der Waals surface area (Å²) in [6.07, 6.45) is 7.08. The van der Waals surface area contributed by atoms with Crippen molar-refractivity contribution in [1.29, 1.82) is 0 Å². The number of piperidine rings is 1. The van der Waals surface area contributed by atoms with E-state index in [1.54, 1.807) is 17.3 Å². The number of hydrogen-bond donors (Lipinski definition) is 0. The van der Waals surface area contributed by atoms with Gasteiger partial charge in [-0.05, 0) is 31.4 Å². The summed E-state index contributed by atoms with van der Waals surface area (Å²) in [5, 5.41) is 0. The number of rotatable bonds is 2. The van der Waals surface area contributed by atoms with Crippen LogP contribution in [0.4, 0.5) is 5.69 Å². The van der Waals surface area contributed by atoms with Crippen molar-refractivity contribution in [3.63, 3.8) is 0 Å². The van der Waals surface area contributed by atoms with Gasteiger partial charge in [0.15, 0.2) is 0 Å². The first-order chi connectivity index (χ1) is 12.2. The fourth-order valence-electron chi connectivity index (χ4n) is 3.86. The lowest BCUT2D eigenvalue weighted by atomic mass is 9.77. The Balaban J connectivity index is 1.45. The highest BCUT2D eigenvalue weighted by atomic mass is 16.2. The lowest BCUT2D eigenvalue weighted by molar-refractivity contribution is -0.127. The third-order valence-corrected chi connectivity index (χ3v) is 5.40. The van der Waals surface area contributed by atoms with Crippen LogP contribution in [-0.2, 0) is 4.79 Å². The molecule has 1 aromatic carbocycles. The van der Waals surface area contributed by atoms with E-state index in [-0.39, 0.29) is 17.2 Å². The molecule has 0 N–H and O–H groups in total. The van der Waals surface area contributed by atoms with E-state index in [1.165, 1.54) is 6.33 Å². The Morgan fingerprint density at radius 1 is 0.960 bits per heavy atom. The van der Waals surface area contributed by atoms with Crippen molar-refractivity contribution < 1.29 is 9.59 Å². The monoisotopic (exact) mass is 336 g/mol. The van der Waals surface area contributed by atoms with Crippen molar-refractivity contribution in [3.05, 3.63) is 54.6 Å². The molecule has 25 heavy (non-hydrogen) atoms. The summed E-state index contributed by atoms with van der Waals surface area (Å²) < 4.78 is 0. The summed E-state index contributed by atoms with van der Waals surface area (Å²) >= 11 is 0. The number of aromatic nitrogens is 2. The van der Waals surface area contributed by atoms with Gasteiger partial charge in [-0.1, -0.05) is 18.2 Å². The second-order valence-electron chi connectivity index (χ2n) is 6.74. The Kier molecular flexibility index (Phi) is 3.95. The molecule has 2 aliphatic heterocycles. The van der Waals surface area contributed by atoms with Gasteiger partial charge in [0, 0.05) is 25.2 Å². The minimum atomic E-state index is -0.344. The van der Waals surface area contributed by atoms with Gasteiger partial charge in [-0.3, -0.25) is 9.59 Å². The third-order valence-electron chi connectivity index (χ3n) is 5.40. The molecule has 1 aromatic heterocycles. The van der Waals surface area contributed by atoms with Crippen LogP contribution in [0, 0.1) is 5.41 Å². The topological polar surface area (TPSA) is 66.4 Å². The summed E-state index contributed by atoms with van der Waals surface area (Å²) in [6.45, 7) is 1.94. The number of carbonyl (C=O) groups excluding carboxylic acids is 2. The molecule has 0 bridgehead atoms. The zero-order valence-corrected chi connectivity index (χ0v) is 14.0. The predicted molar refractivity (Wildman–Crippen MR) is 93.0 cm³/mol. The van der Waals surface area contributed by atoms with E-state index in [9.17, 15) is 9.59 Å². The molecule has 0 aliphatic carbocycles. The second-order valence-corrected chi connectivity index (χ2v) is 6.74. The maximum Gasteiger partial charge on any atom is 0.253 e. The summed E-state index contributed by atoms with van der Waals surface area (Å²) in [6, 6.07) is 9.33. The largest absolute Gasteiger partial charge is 0.339 e. The maximum absolute atomic E-state index is 13.0. The summed E-state index contributed by atoms with van der Waals surface area (Å²) in [4.78, 5) is 37.2. The fourth-order valence-corrected chi connectivity index (χ4v) is 3.86. The van der Waals surface area contributed by atoms with Crippen molar-refractivity contribution in [2.75, 3.05) is 24.5 Å². The molecule has 128 valence electrons. The van der Waals surface area contributed by atoms with Gasteiger partial charge in [0.1, 0.15) is 6.33 Å². The Morgan fingerprint density at radius 2 is 1.60 bits per heavy atom. The van der Waals surface area contributed by atoms with Gasteiger partial charge >= 0.3 is 0 Å². The number of benzene rings is 1. The number of amides is 2. The highest BCUT2D eigenvalue weighted by Gasteiger charge is 2.49. The molecule has 4 rings (SSSR count). The molecule has 2 saturated heterocycles. The lowest BCUT2D eigenvalue weighted by Gasteiger charge is -2.38. The van der Waals surface area contributed by atoms with Crippen molar-refractivity contribution >= 4 is 17.5 Å². The van der Waals surface area contributed by atoms with Gasteiger partial charge in [-0.25, -0.2) is 9.97 Å². The molecule has 0 atom stereocenters. The highest BCUT2D eigenvalue weighted by molar-refractivity contribution is 6.00. The van der Waals surface area contributed by atoms with E-state index in [2.05, 4.69) is 9.97 Å². The quantitative estimate of drug-likeness (QED) is 0.843. The lowest BCUT2D eigenvalue weighted by Crippen LogP contribution is -2.46. The number of hydrogen-bond acceptors (Lipinski definition) is 4. The van der Waals surface area contributed by atoms with E-state index in [4.69, 9.17) is 0 Å². The molecule has 2 aliphatic rings. The first-order valence-corrected chi connectivity index (χ1v) is 8.61. The van der Waals surface area contributed by atoms with Gasteiger partial charge in [-0.15, -0.1) is 0 Å². The van der Waals surface area contributed by atoms with E-state index in [1.807, 2.05) is 35.2 Å². The van der Waals surface area contributed by atoms with Crippen LogP contribution in [0.1, 0.15) is 29.6 Å². The molecule has 2 fully saturated rings. The third kappa shape index (κ3) is 2.77. The fraction of sp³-hybridized carbons (Fsp3) is 0.368. The van der Waals surface area contributed by atoms with Crippen LogP contribution in [0.5, 0.6) is 0 Å². The van der Waals surface area contributed by atoms with Crippen molar-refractivity contribution in [1.82, 2.24) is 14.9 Å². The molecule has 6 heteroatoms. The van der Waals surface area contributed by atoms with Crippen LogP contribution in [0.25, 0.3) is 0 Å². The SMILES string of the molecule is O=C(c1ccccc1)N1CCC2(CC1)CCN(c1cncnc1)C2=O. The molecule has 6 nitrogen and oxygen atoms in total. The Morgan fingerprint density at radius 3 is 2.28 bits per heavy atom. The first kappa shape index (κ1) is 15.7. The molecule has 2 amide bonds. The summed E-state index contributed by atoms with van der Waals surface area (Å²) in [7, 11) is 0. The molecule has 0 unspecified atom stereocenters. The number of nitrogens with zero attached hydrogens (tertiary/aromatic N) is 4. The van der Waals surface area contributed by atoms with Crippen molar-refractivity contribution in [2.45, 2.75) is 19.3 Å². The molecule has 3 heterocycles. The minimum Gasteiger partial charge on any atom is -0.339 e. The average molecular weight is 336 g/mol. The standard InChI is InChI=1S/C19H20N4O2/c24-17(15-4-2-1-3-5-15)22-9-6-19(7-10-22)8-11-23(18(19)25)16-12-20-14-21-13-16/h1-5,12-14H,6-11H2. The normalized spacial score (nSPS) is 19.4. The van der Waals surface area contributed by atoms with Gasteiger partial charge in [0.25, 0.3) is 5.91 Å². The Labute approximate surface area is 146 Å². The Bertz CT molecular complexity index is 771. The summed E-state index contributed by atoms with van der Waals surface area (Å²) in [5.41, 5.74) is 1.12. The Hall–Kier alpha value is -2.76. The van der Waals surface area contributed by atoms with Crippen LogP contribution in [0.3, 0.4) is 0 Å². The molecule has 1 spiro atoms. The van der Waals surface area contributed by atoms with Crippen LogP contribution in [0.15, 0.2) is 49.1 Å². The van der Waals surface area contributed by atoms with Gasteiger partial charge in [-0.2, -0.15) is 0 Å². The van der Waals surface area contributed by atoms with Crippen LogP contribution < -0.4 is 4.90 Å². The van der Waals surface area contributed by atoms with Gasteiger partial charge < -0.3 is 9.80 Å². The summed E-state index contributed by atoms with van der Waals surface area (Å²) in [5.74, 6) is 0.198. The van der Waals surface area contributed by atoms with E-state index in [0.717, 1.165) is 12.1 Å². The zero-order valence-electron chi connectivity index (χ0n) is 14.0. The number of anilines is 1. The van der Waals surface area contributed by atoms with Crippen molar-refractivity contribution in [2.24, 2.45) is 5.41 Å². The van der Waals surface area contributed by atoms with E-state index < -0.39 is 0 Å². The molecular formula is C19H20N4O2. The zero-order chi connectivity index (χ0) is 17.3. The highest BCUT2D eigenvalue weighted by Crippen LogP contribution is 2.43. The maximum atomic E-state index is 13.0. The molecular weight excluding hydrogens is 316 g/mol. The van der Waals surface area contributed by atoms with Crippen molar-refractivity contribution in [3.8, 4) is 0 Å². The smallest absolute Gasteiger partial charge is 0.253 e. The van der Waals surface area contributed by atoms with Gasteiger partial charge in [0.2, 0.25) is 5.91 Å². The van der Waals surface area contributed by atoms with Crippen LogP contribution in [0.2, 0.25) is 0 Å². The average Bonchev–Trinajstić information content (AvgIpc) is 2.99. The second kappa shape index (κ2) is 6.27. The molecule has 0 radical (unpaired) electrons.